The average Bonchev–Trinajstić information content (AvgIpc) is 3.70. The Balaban J connectivity index is 1.54. The van der Waals surface area contributed by atoms with Gasteiger partial charge in [0, 0.05) is 45.3 Å². The molecular formula is C29H18F6S4. The van der Waals surface area contributed by atoms with Gasteiger partial charge in [-0.05, 0) is 66.2 Å². The average molecular weight is 609 g/mol. The molecule has 0 unspecified atom stereocenters. The van der Waals surface area contributed by atoms with Crippen molar-refractivity contribution in [2.75, 3.05) is 0 Å². The molecule has 0 atom stereocenters. The molecule has 200 valence electrons. The third kappa shape index (κ3) is 3.98. The minimum Gasteiger partial charge on any atom is -0.194 e. The number of alkyl halides is 6. The summed E-state index contributed by atoms with van der Waals surface area (Å²) in [5, 5.41) is 1.94. The third-order valence-electron chi connectivity index (χ3n) is 6.71. The van der Waals surface area contributed by atoms with Crippen molar-refractivity contribution in [2.24, 2.45) is 0 Å². The number of benzene rings is 1. The van der Waals surface area contributed by atoms with Gasteiger partial charge in [-0.15, -0.1) is 45.3 Å². The molecule has 6 rings (SSSR count). The molecular weight excluding hydrogens is 591 g/mol. The molecule has 0 N–H and O–H groups in total. The van der Waals surface area contributed by atoms with E-state index in [-0.39, 0.29) is 20.9 Å². The molecule has 0 saturated carbocycles. The Labute approximate surface area is 236 Å². The van der Waals surface area contributed by atoms with Crippen molar-refractivity contribution in [3.05, 3.63) is 93.0 Å². The monoisotopic (exact) mass is 608 g/mol. The van der Waals surface area contributed by atoms with E-state index in [1.54, 1.807) is 41.7 Å². The lowest BCUT2D eigenvalue weighted by Crippen LogP contribution is -2.48. The number of thiophene rings is 4. The summed E-state index contributed by atoms with van der Waals surface area (Å²) in [6.07, 6.45) is 0. The van der Waals surface area contributed by atoms with Crippen LogP contribution in [0.5, 0.6) is 0 Å². The van der Waals surface area contributed by atoms with E-state index in [9.17, 15) is 8.78 Å². The quantitative estimate of drug-likeness (QED) is 0.174. The molecule has 0 bridgehead atoms. The van der Waals surface area contributed by atoms with E-state index < -0.39 is 28.9 Å². The van der Waals surface area contributed by atoms with Gasteiger partial charge >= 0.3 is 17.8 Å². The Morgan fingerprint density at radius 1 is 0.538 bits per heavy atom. The van der Waals surface area contributed by atoms with E-state index in [4.69, 9.17) is 0 Å². The summed E-state index contributed by atoms with van der Waals surface area (Å²) >= 11 is 5.22. The zero-order valence-electron chi connectivity index (χ0n) is 20.3. The first-order chi connectivity index (χ1) is 18.4. The first-order valence-corrected chi connectivity index (χ1v) is 15.1. The van der Waals surface area contributed by atoms with Gasteiger partial charge in [-0.3, -0.25) is 0 Å². The van der Waals surface area contributed by atoms with Crippen molar-refractivity contribution in [1.82, 2.24) is 0 Å². The zero-order valence-corrected chi connectivity index (χ0v) is 23.6. The van der Waals surface area contributed by atoms with E-state index in [1.165, 1.54) is 37.3 Å². The largest absolute Gasteiger partial charge is 0.380 e. The van der Waals surface area contributed by atoms with Crippen LogP contribution >= 0.6 is 45.3 Å². The summed E-state index contributed by atoms with van der Waals surface area (Å²) in [7, 11) is 0. The van der Waals surface area contributed by atoms with Crippen molar-refractivity contribution in [1.29, 1.82) is 0 Å². The number of aryl methyl sites for hydroxylation is 2. The SMILES string of the molecule is Cc1sc(-c2ccccc2)cc1C1=C(c2cc(-c3ccc(-c4cccs4)s3)sc2C)C(F)(F)C(F)(F)C1(F)F. The summed E-state index contributed by atoms with van der Waals surface area (Å²) in [6.45, 7) is 2.99. The smallest absolute Gasteiger partial charge is 0.194 e. The molecule has 39 heavy (non-hydrogen) atoms. The van der Waals surface area contributed by atoms with Gasteiger partial charge in [0.2, 0.25) is 0 Å². The van der Waals surface area contributed by atoms with E-state index in [1.807, 2.05) is 29.6 Å². The Morgan fingerprint density at radius 3 is 1.64 bits per heavy atom. The number of halogens is 6. The molecule has 5 aromatic rings. The van der Waals surface area contributed by atoms with E-state index in [0.29, 0.717) is 15.3 Å². The lowest BCUT2D eigenvalue weighted by Gasteiger charge is -2.25. The Kier molecular flexibility index (Phi) is 6.26. The van der Waals surface area contributed by atoms with Gasteiger partial charge in [0.25, 0.3) is 0 Å². The van der Waals surface area contributed by atoms with Gasteiger partial charge in [0.05, 0.1) is 0 Å². The van der Waals surface area contributed by atoms with Crippen molar-refractivity contribution in [3.63, 3.8) is 0 Å². The fourth-order valence-electron chi connectivity index (χ4n) is 4.78. The molecule has 0 spiro atoms. The van der Waals surface area contributed by atoms with Crippen LogP contribution in [0.1, 0.15) is 20.9 Å². The highest BCUT2D eigenvalue weighted by molar-refractivity contribution is 7.26. The van der Waals surface area contributed by atoms with Crippen molar-refractivity contribution in [3.8, 4) is 29.9 Å². The number of hydrogen-bond donors (Lipinski definition) is 0. The molecule has 1 aromatic carbocycles. The lowest BCUT2D eigenvalue weighted by molar-refractivity contribution is -0.254. The van der Waals surface area contributed by atoms with Gasteiger partial charge in [-0.25, -0.2) is 0 Å². The van der Waals surface area contributed by atoms with E-state index in [2.05, 4.69) is 0 Å². The molecule has 0 nitrogen and oxygen atoms in total. The number of hydrogen-bond acceptors (Lipinski definition) is 4. The van der Waals surface area contributed by atoms with Crippen molar-refractivity contribution >= 4 is 56.5 Å². The molecule has 1 aliphatic rings. The Hall–Kier alpha value is -2.66. The van der Waals surface area contributed by atoms with Crippen LogP contribution in [0.4, 0.5) is 26.3 Å². The molecule has 0 aliphatic heterocycles. The second-order valence-electron chi connectivity index (χ2n) is 9.14. The van der Waals surface area contributed by atoms with Gasteiger partial charge in [0.1, 0.15) is 0 Å². The summed E-state index contributed by atoms with van der Waals surface area (Å²) in [4.78, 5) is 4.38. The molecule has 0 amide bonds. The highest BCUT2D eigenvalue weighted by atomic mass is 32.1. The van der Waals surface area contributed by atoms with Crippen molar-refractivity contribution in [2.45, 2.75) is 31.6 Å². The summed E-state index contributed by atoms with van der Waals surface area (Å²) in [5.74, 6) is -15.7. The fourth-order valence-corrected chi connectivity index (χ4v) is 8.76. The van der Waals surface area contributed by atoms with Crippen LogP contribution in [-0.4, -0.2) is 17.8 Å². The van der Waals surface area contributed by atoms with E-state index in [0.717, 1.165) is 37.3 Å². The highest BCUT2D eigenvalue weighted by Gasteiger charge is 2.80. The molecule has 0 radical (unpaired) electrons. The van der Waals surface area contributed by atoms with Crippen molar-refractivity contribution < 1.29 is 26.3 Å². The maximum absolute atomic E-state index is 15.5. The topological polar surface area (TPSA) is 0 Å². The second-order valence-corrected chi connectivity index (χ2v) is 13.7. The maximum atomic E-state index is 15.5. The molecule has 4 heterocycles. The predicted octanol–water partition coefficient (Wildman–Crippen LogP) is 11.4. The third-order valence-corrected chi connectivity index (χ3v) is 11.2. The summed E-state index contributed by atoms with van der Waals surface area (Å²) < 4.78 is 91.7. The Bertz CT molecular complexity index is 1700. The lowest BCUT2D eigenvalue weighted by atomic mass is 9.94. The predicted molar refractivity (Wildman–Crippen MR) is 152 cm³/mol. The normalized spacial score (nSPS) is 17.7. The molecule has 4 aromatic heterocycles. The van der Waals surface area contributed by atoms with Crippen LogP contribution in [0.15, 0.2) is 72.1 Å². The number of rotatable bonds is 5. The first-order valence-electron chi connectivity index (χ1n) is 11.7. The van der Waals surface area contributed by atoms with Crippen LogP contribution in [-0.2, 0) is 0 Å². The van der Waals surface area contributed by atoms with Crippen LogP contribution in [0.25, 0.3) is 41.1 Å². The minimum absolute atomic E-state index is 0.265. The highest BCUT2D eigenvalue weighted by Crippen LogP contribution is 2.66. The molecule has 0 saturated heterocycles. The first kappa shape index (κ1) is 26.6. The van der Waals surface area contributed by atoms with Gasteiger partial charge in [-0.2, -0.15) is 26.3 Å². The molecule has 1 aliphatic carbocycles. The molecule has 10 heteroatoms. The van der Waals surface area contributed by atoms with Gasteiger partial charge < -0.3 is 0 Å². The van der Waals surface area contributed by atoms with Gasteiger partial charge in [-0.1, -0.05) is 36.4 Å². The standard InChI is InChI=1S/C29H18F6S4/c1-15-18(13-23(37-15)17-7-4-3-5-8-17)25-26(28(32,33)29(34,35)27(25,30)31)19-14-24(38-16(19)2)22-11-10-21(39-22)20-9-6-12-36-20/h3-14H,1-2H3. The van der Waals surface area contributed by atoms with Crippen LogP contribution in [0, 0.1) is 13.8 Å². The van der Waals surface area contributed by atoms with Crippen LogP contribution in [0.2, 0.25) is 0 Å². The molecule has 0 fully saturated rings. The van der Waals surface area contributed by atoms with E-state index >= 15 is 17.6 Å². The van der Waals surface area contributed by atoms with Crippen LogP contribution < -0.4 is 0 Å². The maximum Gasteiger partial charge on any atom is 0.380 e. The fraction of sp³-hybridized carbons (Fsp3) is 0.172. The van der Waals surface area contributed by atoms with Crippen LogP contribution in [0.3, 0.4) is 0 Å². The Morgan fingerprint density at radius 2 is 1.08 bits per heavy atom. The second kappa shape index (κ2) is 9.19. The summed E-state index contributed by atoms with van der Waals surface area (Å²) in [6, 6.07) is 19.1. The van der Waals surface area contributed by atoms with Gasteiger partial charge in [0.15, 0.2) is 0 Å². The summed E-state index contributed by atoms with van der Waals surface area (Å²) in [5.41, 5.74) is -2.46. The number of allylic oxidation sites excluding steroid dienone is 2. The zero-order chi connectivity index (χ0) is 27.7. The minimum atomic E-state index is -5.59.